The number of imide groups is 1. The van der Waals surface area contributed by atoms with Gasteiger partial charge in [0.15, 0.2) is 0 Å². The third-order valence-corrected chi connectivity index (χ3v) is 2.55. The molecule has 1 heterocycles. The molecule has 1 rings (SSSR count). The van der Waals surface area contributed by atoms with E-state index in [9.17, 15) is 9.59 Å². The largest absolute Gasteiger partial charge is 0.305 e. The first-order chi connectivity index (χ1) is 9.56. The van der Waals surface area contributed by atoms with E-state index in [2.05, 4.69) is 26.6 Å². The lowest BCUT2D eigenvalue weighted by atomic mass is 10.3. The summed E-state index contributed by atoms with van der Waals surface area (Å²) >= 11 is 0. The summed E-state index contributed by atoms with van der Waals surface area (Å²) in [6.45, 7) is 3.48. The van der Waals surface area contributed by atoms with Gasteiger partial charge in [-0.3, -0.25) is 14.8 Å². The smallest absolute Gasteiger partial charge is 0.253 e. The average molecular weight is 285 g/mol. The summed E-state index contributed by atoms with van der Waals surface area (Å²) in [6.07, 6.45) is 1.58. The molecule has 0 aromatic carbocycles. The summed E-state index contributed by atoms with van der Waals surface area (Å²) in [5.74, 6) is -1.01. The lowest BCUT2D eigenvalue weighted by molar-refractivity contribution is -0.171. The van der Waals surface area contributed by atoms with Crippen LogP contribution in [0.5, 0.6) is 0 Å². The van der Waals surface area contributed by atoms with Gasteiger partial charge < -0.3 is 10.6 Å². The third-order valence-electron chi connectivity index (χ3n) is 2.55. The van der Waals surface area contributed by atoms with Crippen LogP contribution in [-0.4, -0.2) is 61.4 Å². The highest BCUT2D eigenvalue weighted by Crippen LogP contribution is 2.07. The number of carbonyl (C=O) groups is 2. The second-order valence-electron chi connectivity index (χ2n) is 3.97. The number of rotatable bonds is 6. The van der Waals surface area contributed by atoms with Crippen molar-refractivity contribution in [2.45, 2.75) is 32.4 Å². The van der Waals surface area contributed by atoms with Crippen LogP contribution >= 0.6 is 0 Å². The van der Waals surface area contributed by atoms with Crippen LogP contribution in [0.4, 0.5) is 0 Å². The van der Waals surface area contributed by atoms with Crippen LogP contribution in [0.15, 0.2) is 9.98 Å². The van der Waals surface area contributed by atoms with Crippen LogP contribution in [-0.2, 0) is 9.59 Å². The van der Waals surface area contributed by atoms with Crippen molar-refractivity contribution in [1.29, 1.82) is 0 Å². The van der Waals surface area contributed by atoms with Crippen LogP contribution < -0.4 is 10.6 Å². The maximum atomic E-state index is 10.2. The Balaban J connectivity index is 0.000000388. The van der Waals surface area contributed by atoms with Crippen molar-refractivity contribution in [3.05, 3.63) is 0 Å². The van der Waals surface area contributed by atoms with Crippen LogP contribution in [0, 0.1) is 0 Å². The van der Waals surface area contributed by atoms with Crippen molar-refractivity contribution in [1.82, 2.24) is 15.7 Å². The molecule has 1 aliphatic heterocycles. The predicted octanol–water partition coefficient (Wildman–Crippen LogP) is -0.140. The number of amides is 2. The lowest BCUT2D eigenvalue weighted by Crippen LogP contribution is -2.38. The van der Waals surface area contributed by atoms with E-state index in [0.29, 0.717) is 6.17 Å². The Labute approximate surface area is 118 Å². The molecule has 0 spiro atoms. The monoisotopic (exact) mass is 285 g/mol. The van der Waals surface area contributed by atoms with Gasteiger partial charge in [-0.25, -0.2) is 9.98 Å². The first-order valence-corrected chi connectivity index (χ1v) is 6.53. The standard InChI is InChI=1S/C8H18N4.C4H5NO3/c1-4-11-7-12-6-5-8(9-2)10-3;6-3-1-2-4(7)5(3)8/h8-10H,4-6H2,1-3H3;8H,1-2H2. The fraction of sp³-hybridized carbons (Fsp3) is 0.750. The maximum Gasteiger partial charge on any atom is 0.253 e. The highest BCUT2D eigenvalue weighted by atomic mass is 16.5. The van der Waals surface area contributed by atoms with Gasteiger partial charge in [-0.05, 0) is 27.4 Å². The van der Waals surface area contributed by atoms with Crippen molar-refractivity contribution < 1.29 is 14.8 Å². The summed E-state index contributed by atoms with van der Waals surface area (Å²) in [7, 11) is 3.84. The van der Waals surface area contributed by atoms with Crippen molar-refractivity contribution in [2.75, 3.05) is 27.2 Å². The normalized spacial score (nSPS) is 13.9. The number of nitrogens with one attached hydrogen (secondary N) is 2. The molecule has 8 heteroatoms. The average Bonchev–Trinajstić information content (AvgIpc) is 2.75. The fourth-order valence-electron chi connectivity index (χ4n) is 1.36. The summed E-state index contributed by atoms with van der Waals surface area (Å²) in [5, 5.41) is 14.8. The molecule has 0 unspecified atom stereocenters. The van der Waals surface area contributed by atoms with E-state index < -0.39 is 11.8 Å². The topological polar surface area (TPSA) is 106 Å². The van der Waals surface area contributed by atoms with Gasteiger partial charge in [-0.15, -0.1) is 0 Å². The molecular weight excluding hydrogens is 262 g/mol. The molecule has 3 N–H and O–H groups in total. The number of aliphatic imine (C=N–C) groups is 2. The second-order valence-corrected chi connectivity index (χ2v) is 3.97. The van der Waals surface area contributed by atoms with Crippen LogP contribution in [0.25, 0.3) is 0 Å². The van der Waals surface area contributed by atoms with Gasteiger partial charge in [-0.1, -0.05) is 0 Å². The zero-order valence-corrected chi connectivity index (χ0v) is 12.2. The zero-order chi connectivity index (χ0) is 15.4. The first kappa shape index (κ1) is 18.4. The summed E-state index contributed by atoms with van der Waals surface area (Å²) in [5.41, 5.74) is 0. The van der Waals surface area contributed by atoms with E-state index in [0.717, 1.165) is 19.5 Å². The molecule has 0 aliphatic carbocycles. The highest BCUT2D eigenvalue weighted by molar-refractivity contribution is 6.00. The summed E-state index contributed by atoms with van der Waals surface area (Å²) in [6, 6.07) is 2.63. The molecule has 0 aromatic heterocycles. The SMILES string of the molecule is CCN=C=NCCC(NC)NC.O=C1CCC(=O)N1O. The Morgan fingerprint density at radius 2 is 1.80 bits per heavy atom. The van der Waals surface area contributed by atoms with Crippen molar-refractivity contribution in [2.24, 2.45) is 9.98 Å². The number of hydrogen-bond donors (Lipinski definition) is 3. The molecule has 1 saturated heterocycles. The summed E-state index contributed by atoms with van der Waals surface area (Å²) < 4.78 is 0. The molecule has 1 aliphatic rings. The van der Waals surface area contributed by atoms with Crippen molar-refractivity contribution in [3.8, 4) is 0 Å². The molecule has 2 amide bonds. The van der Waals surface area contributed by atoms with E-state index in [-0.39, 0.29) is 17.9 Å². The third kappa shape index (κ3) is 7.75. The summed E-state index contributed by atoms with van der Waals surface area (Å²) in [4.78, 5) is 28.3. The van der Waals surface area contributed by atoms with Crippen molar-refractivity contribution >= 4 is 17.8 Å². The fourth-order valence-corrected chi connectivity index (χ4v) is 1.36. The minimum Gasteiger partial charge on any atom is -0.305 e. The van der Waals surface area contributed by atoms with E-state index in [1.807, 2.05) is 21.0 Å². The molecule has 0 aromatic rings. The van der Waals surface area contributed by atoms with Crippen LogP contribution in [0.3, 0.4) is 0 Å². The molecule has 0 radical (unpaired) electrons. The quantitative estimate of drug-likeness (QED) is 0.272. The van der Waals surface area contributed by atoms with E-state index >= 15 is 0 Å². The van der Waals surface area contributed by atoms with E-state index in [1.54, 1.807) is 0 Å². The molecule has 114 valence electrons. The predicted molar refractivity (Wildman–Crippen MR) is 74.7 cm³/mol. The minimum atomic E-state index is -0.505. The minimum absolute atomic E-state index is 0.148. The van der Waals surface area contributed by atoms with Crippen LogP contribution in [0.1, 0.15) is 26.2 Å². The van der Waals surface area contributed by atoms with Gasteiger partial charge in [0.2, 0.25) is 0 Å². The number of hydroxylamine groups is 2. The molecule has 20 heavy (non-hydrogen) atoms. The lowest BCUT2D eigenvalue weighted by Gasteiger charge is -2.12. The Hall–Kier alpha value is -1.60. The Morgan fingerprint density at radius 3 is 2.15 bits per heavy atom. The molecule has 0 bridgehead atoms. The van der Waals surface area contributed by atoms with Gasteiger partial charge in [0, 0.05) is 19.4 Å². The molecule has 0 saturated carbocycles. The zero-order valence-electron chi connectivity index (χ0n) is 12.2. The Kier molecular flexibility index (Phi) is 10.3. The van der Waals surface area contributed by atoms with Crippen molar-refractivity contribution in [3.63, 3.8) is 0 Å². The molecule has 8 nitrogen and oxygen atoms in total. The number of carbonyl (C=O) groups excluding carboxylic acids is 2. The second kappa shape index (κ2) is 11.2. The van der Waals surface area contributed by atoms with Gasteiger partial charge in [0.1, 0.15) is 0 Å². The number of nitrogens with zero attached hydrogens (tertiary/aromatic N) is 3. The van der Waals surface area contributed by atoms with Gasteiger partial charge in [-0.2, -0.15) is 5.06 Å². The maximum absolute atomic E-state index is 10.2. The Bertz CT molecular complexity index is 346. The highest BCUT2D eigenvalue weighted by Gasteiger charge is 2.26. The number of hydrogen-bond acceptors (Lipinski definition) is 7. The van der Waals surface area contributed by atoms with Gasteiger partial charge in [0.25, 0.3) is 11.8 Å². The van der Waals surface area contributed by atoms with E-state index in [1.165, 1.54) is 0 Å². The van der Waals surface area contributed by atoms with E-state index in [4.69, 9.17) is 5.21 Å². The Morgan fingerprint density at radius 1 is 1.25 bits per heavy atom. The van der Waals surface area contributed by atoms with Gasteiger partial charge >= 0.3 is 0 Å². The van der Waals surface area contributed by atoms with Crippen LogP contribution in [0.2, 0.25) is 0 Å². The molecule has 0 atom stereocenters. The molecular formula is C12H23N5O3. The molecule has 1 fully saturated rings. The first-order valence-electron chi connectivity index (χ1n) is 6.53. The van der Waals surface area contributed by atoms with Gasteiger partial charge in [0.05, 0.1) is 18.7 Å².